The van der Waals surface area contributed by atoms with Crippen molar-refractivity contribution in [3.63, 3.8) is 0 Å². The van der Waals surface area contributed by atoms with E-state index < -0.39 is 5.82 Å². The Morgan fingerprint density at radius 2 is 2.25 bits per heavy atom. The summed E-state index contributed by atoms with van der Waals surface area (Å²) in [7, 11) is 1.40. The molecule has 1 aromatic heterocycles. The van der Waals surface area contributed by atoms with Crippen LogP contribution in [0.4, 0.5) is 4.39 Å². The molecule has 0 spiro atoms. The van der Waals surface area contributed by atoms with E-state index in [9.17, 15) is 4.39 Å². The first-order valence-corrected chi connectivity index (χ1v) is 5.00. The summed E-state index contributed by atoms with van der Waals surface area (Å²) in [6, 6.07) is 4.40. The van der Waals surface area contributed by atoms with Crippen LogP contribution in [0.25, 0.3) is 11.5 Å². The lowest BCUT2D eigenvalue weighted by Crippen LogP contribution is -1.88. The van der Waals surface area contributed by atoms with E-state index in [2.05, 4.69) is 10.2 Å². The second-order valence-corrected chi connectivity index (χ2v) is 3.25. The van der Waals surface area contributed by atoms with Gasteiger partial charge in [-0.25, -0.2) is 4.39 Å². The molecule has 0 saturated heterocycles. The molecule has 84 valence electrons. The van der Waals surface area contributed by atoms with Crippen LogP contribution >= 0.6 is 11.6 Å². The lowest BCUT2D eigenvalue weighted by Gasteiger charge is -2.01. The van der Waals surface area contributed by atoms with Crippen molar-refractivity contribution in [1.29, 1.82) is 0 Å². The number of aromatic nitrogens is 2. The van der Waals surface area contributed by atoms with Gasteiger partial charge in [0.25, 0.3) is 0 Å². The molecule has 1 aromatic carbocycles. The van der Waals surface area contributed by atoms with Gasteiger partial charge in [0.05, 0.1) is 7.11 Å². The number of ether oxygens (including phenoxy) is 1. The third-order valence-electron chi connectivity index (χ3n) is 1.98. The van der Waals surface area contributed by atoms with Crippen LogP contribution in [-0.2, 0) is 5.88 Å². The zero-order valence-electron chi connectivity index (χ0n) is 8.41. The van der Waals surface area contributed by atoms with Crippen LogP contribution < -0.4 is 4.74 Å². The van der Waals surface area contributed by atoms with Crippen molar-refractivity contribution < 1.29 is 13.5 Å². The normalized spacial score (nSPS) is 10.4. The van der Waals surface area contributed by atoms with E-state index in [1.165, 1.54) is 19.2 Å². The van der Waals surface area contributed by atoms with Crippen LogP contribution in [0.3, 0.4) is 0 Å². The topological polar surface area (TPSA) is 48.2 Å². The second-order valence-electron chi connectivity index (χ2n) is 2.98. The third-order valence-corrected chi connectivity index (χ3v) is 2.21. The van der Waals surface area contributed by atoms with Crippen molar-refractivity contribution in [2.75, 3.05) is 7.11 Å². The Kier molecular flexibility index (Phi) is 3.05. The Morgan fingerprint density at radius 3 is 2.81 bits per heavy atom. The Bertz CT molecular complexity index is 501. The first-order chi connectivity index (χ1) is 7.74. The summed E-state index contributed by atoms with van der Waals surface area (Å²) in [6.07, 6.45) is 0. The molecule has 2 rings (SSSR count). The molecule has 0 atom stereocenters. The Morgan fingerprint density at radius 1 is 1.44 bits per heavy atom. The van der Waals surface area contributed by atoms with Gasteiger partial charge >= 0.3 is 0 Å². The average molecular weight is 243 g/mol. The number of rotatable bonds is 3. The Labute approximate surface area is 96.0 Å². The highest BCUT2D eigenvalue weighted by molar-refractivity contribution is 6.16. The summed E-state index contributed by atoms with van der Waals surface area (Å²) in [5, 5.41) is 7.43. The molecule has 6 heteroatoms. The summed E-state index contributed by atoms with van der Waals surface area (Å²) < 4.78 is 23.4. The molecule has 0 radical (unpaired) electrons. The fourth-order valence-electron chi connectivity index (χ4n) is 1.22. The summed E-state index contributed by atoms with van der Waals surface area (Å²) in [5.74, 6) is 0.350. The number of methoxy groups -OCH3 is 1. The highest BCUT2D eigenvalue weighted by Crippen LogP contribution is 2.24. The van der Waals surface area contributed by atoms with Gasteiger partial charge in [-0.15, -0.1) is 21.8 Å². The molecule has 0 unspecified atom stereocenters. The predicted octanol–water partition coefficient (Wildman–Crippen LogP) is 2.62. The van der Waals surface area contributed by atoms with Gasteiger partial charge in [0.2, 0.25) is 11.8 Å². The summed E-state index contributed by atoms with van der Waals surface area (Å²) in [6.45, 7) is 0. The summed E-state index contributed by atoms with van der Waals surface area (Å²) >= 11 is 5.52. The molecule has 0 N–H and O–H groups in total. The molecule has 0 saturated carbocycles. The minimum absolute atomic E-state index is 0.131. The molecular weight excluding hydrogens is 235 g/mol. The smallest absolute Gasteiger partial charge is 0.247 e. The number of alkyl halides is 1. The number of benzene rings is 1. The first-order valence-electron chi connectivity index (χ1n) is 4.47. The number of nitrogens with zero attached hydrogens (tertiary/aromatic N) is 2. The maximum absolute atomic E-state index is 13.4. The third kappa shape index (κ3) is 1.99. The number of halogens is 2. The zero-order chi connectivity index (χ0) is 11.5. The maximum Gasteiger partial charge on any atom is 0.247 e. The molecule has 1 heterocycles. The van der Waals surface area contributed by atoms with Crippen LogP contribution in [0.15, 0.2) is 22.6 Å². The van der Waals surface area contributed by atoms with E-state index in [0.717, 1.165) is 0 Å². The van der Waals surface area contributed by atoms with Crippen molar-refractivity contribution in [1.82, 2.24) is 10.2 Å². The molecule has 2 aromatic rings. The fourth-order valence-corrected chi connectivity index (χ4v) is 1.33. The maximum atomic E-state index is 13.4. The average Bonchev–Trinajstić information content (AvgIpc) is 2.77. The molecule has 0 bridgehead atoms. The Balaban J connectivity index is 2.37. The van der Waals surface area contributed by atoms with E-state index in [0.29, 0.717) is 11.5 Å². The largest absolute Gasteiger partial charge is 0.494 e. The van der Waals surface area contributed by atoms with Crippen molar-refractivity contribution in [2.45, 2.75) is 5.88 Å². The van der Waals surface area contributed by atoms with Gasteiger partial charge in [-0.2, -0.15) is 0 Å². The van der Waals surface area contributed by atoms with Gasteiger partial charge in [0, 0.05) is 5.56 Å². The van der Waals surface area contributed by atoms with E-state index in [1.807, 2.05) is 0 Å². The minimum Gasteiger partial charge on any atom is -0.494 e. The van der Waals surface area contributed by atoms with Crippen LogP contribution in [0, 0.1) is 5.82 Å². The molecule has 4 nitrogen and oxygen atoms in total. The van der Waals surface area contributed by atoms with Gasteiger partial charge in [-0.1, -0.05) is 0 Å². The monoisotopic (exact) mass is 242 g/mol. The standard InChI is InChI=1S/C10H8ClFN2O2/c1-15-8-3-2-6(4-7(8)12)10-14-13-9(5-11)16-10/h2-4H,5H2,1H3. The van der Waals surface area contributed by atoms with E-state index >= 15 is 0 Å². The Hall–Kier alpha value is -1.62. The quantitative estimate of drug-likeness (QED) is 0.777. The molecular formula is C10H8ClFN2O2. The van der Waals surface area contributed by atoms with E-state index in [1.54, 1.807) is 6.07 Å². The van der Waals surface area contributed by atoms with Gasteiger partial charge in [-0.05, 0) is 18.2 Å². The van der Waals surface area contributed by atoms with Gasteiger partial charge in [-0.3, -0.25) is 0 Å². The highest BCUT2D eigenvalue weighted by Gasteiger charge is 2.10. The molecule has 0 aliphatic rings. The van der Waals surface area contributed by atoms with Gasteiger partial charge in [0.15, 0.2) is 11.6 Å². The molecule has 0 aliphatic carbocycles. The van der Waals surface area contributed by atoms with Crippen molar-refractivity contribution >= 4 is 11.6 Å². The minimum atomic E-state index is -0.481. The second kappa shape index (κ2) is 4.49. The van der Waals surface area contributed by atoms with Gasteiger partial charge in [0.1, 0.15) is 5.88 Å². The number of hydrogen-bond acceptors (Lipinski definition) is 4. The summed E-state index contributed by atoms with van der Waals surface area (Å²) in [5.41, 5.74) is 0.488. The van der Waals surface area contributed by atoms with Crippen LogP contribution in [0.1, 0.15) is 5.89 Å². The lowest BCUT2D eigenvalue weighted by molar-refractivity contribution is 0.386. The molecule has 0 aliphatic heterocycles. The highest BCUT2D eigenvalue weighted by atomic mass is 35.5. The fraction of sp³-hybridized carbons (Fsp3) is 0.200. The van der Waals surface area contributed by atoms with Crippen LogP contribution in [-0.4, -0.2) is 17.3 Å². The zero-order valence-corrected chi connectivity index (χ0v) is 9.16. The molecule has 0 amide bonds. The number of hydrogen-bond donors (Lipinski definition) is 0. The SMILES string of the molecule is COc1ccc(-c2nnc(CCl)o2)cc1F. The van der Waals surface area contributed by atoms with Crippen molar-refractivity contribution in [2.24, 2.45) is 0 Å². The van der Waals surface area contributed by atoms with Crippen molar-refractivity contribution in [3.8, 4) is 17.2 Å². The van der Waals surface area contributed by atoms with E-state index in [-0.39, 0.29) is 17.5 Å². The van der Waals surface area contributed by atoms with Crippen molar-refractivity contribution in [3.05, 3.63) is 29.9 Å². The predicted molar refractivity (Wildman–Crippen MR) is 55.8 cm³/mol. The van der Waals surface area contributed by atoms with Gasteiger partial charge < -0.3 is 9.15 Å². The lowest BCUT2D eigenvalue weighted by atomic mass is 10.2. The van der Waals surface area contributed by atoms with Crippen LogP contribution in [0.5, 0.6) is 5.75 Å². The molecule has 16 heavy (non-hydrogen) atoms. The van der Waals surface area contributed by atoms with E-state index in [4.69, 9.17) is 20.8 Å². The first kappa shape index (κ1) is 10.9. The van der Waals surface area contributed by atoms with Crippen LogP contribution in [0.2, 0.25) is 0 Å². The molecule has 0 fully saturated rings. The summed E-state index contributed by atoms with van der Waals surface area (Å²) in [4.78, 5) is 0.